The fraction of sp³-hybridized carbons (Fsp3) is 0.111. The predicted molar refractivity (Wildman–Crippen MR) is 132 cm³/mol. The normalized spacial score (nSPS) is 17.6. The van der Waals surface area contributed by atoms with Gasteiger partial charge in [0.25, 0.3) is 11.5 Å². The van der Waals surface area contributed by atoms with E-state index in [-0.39, 0.29) is 33.0 Å². The van der Waals surface area contributed by atoms with Crippen molar-refractivity contribution in [3.63, 3.8) is 0 Å². The first-order valence-corrected chi connectivity index (χ1v) is 11.6. The van der Waals surface area contributed by atoms with Gasteiger partial charge in [0.15, 0.2) is 0 Å². The van der Waals surface area contributed by atoms with Crippen molar-refractivity contribution in [2.24, 2.45) is 0 Å². The van der Waals surface area contributed by atoms with E-state index in [0.717, 1.165) is 15.7 Å². The van der Waals surface area contributed by atoms with Gasteiger partial charge in [0, 0.05) is 17.2 Å². The molecule has 0 spiro atoms. The number of hydrogen-bond donors (Lipinski definition) is 0. The number of halogens is 2. The van der Waals surface area contributed by atoms with E-state index in [9.17, 15) is 9.59 Å². The molecule has 174 valence electrons. The number of fused-ring (bicyclic) bond motifs is 6. The van der Waals surface area contributed by atoms with E-state index in [0.29, 0.717) is 11.3 Å². The molecule has 2 atom stereocenters. The average molecular weight is 506 g/mol. The van der Waals surface area contributed by atoms with Crippen LogP contribution in [0.4, 0.5) is 0 Å². The molecule has 2 aliphatic rings. The van der Waals surface area contributed by atoms with Crippen LogP contribution in [0.5, 0.6) is 5.75 Å². The fourth-order valence-corrected chi connectivity index (χ4v) is 4.93. The zero-order valence-electron chi connectivity index (χ0n) is 18.3. The summed E-state index contributed by atoms with van der Waals surface area (Å²) in [5.74, 6) is -0.310. The zero-order chi connectivity index (χ0) is 24.3. The minimum atomic E-state index is -0.856. The van der Waals surface area contributed by atoms with Crippen LogP contribution in [0.3, 0.4) is 0 Å². The lowest BCUT2D eigenvalue weighted by Gasteiger charge is -2.28. The molecule has 8 heteroatoms. The number of ether oxygens (including phenoxy) is 2. The monoisotopic (exact) mass is 505 g/mol. The second-order valence-corrected chi connectivity index (χ2v) is 9.16. The second-order valence-electron chi connectivity index (χ2n) is 8.38. The summed E-state index contributed by atoms with van der Waals surface area (Å²) in [6.07, 6.45) is 1.22. The third-order valence-electron chi connectivity index (χ3n) is 6.19. The van der Waals surface area contributed by atoms with Crippen LogP contribution in [0.2, 0.25) is 10.0 Å². The number of rotatable bonds is 3. The lowest BCUT2D eigenvalue weighted by molar-refractivity contribution is 0.0599. The number of benzene rings is 3. The highest BCUT2D eigenvalue weighted by molar-refractivity contribution is 6.43. The quantitative estimate of drug-likeness (QED) is 0.333. The molecule has 0 N–H and O–H groups in total. The Bertz CT molecular complexity index is 1640. The molecule has 0 bridgehead atoms. The van der Waals surface area contributed by atoms with Gasteiger partial charge >= 0.3 is 5.76 Å². The minimum Gasteiger partial charge on any atom is -0.456 e. The fourth-order valence-electron chi connectivity index (χ4n) is 4.55. The van der Waals surface area contributed by atoms with Crippen molar-refractivity contribution < 1.29 is 13.9 Å². The van der Waals surface area contributed by atoms with E-state index in [2.05, 4.69) is 0 Å². The van der Waals surface area contributed by atoms with E-state index >= 15 is 0 Å². The maximum atomic E-state index is 13.8. The second kappa shape index (κ2) is 8.18. The molecule has 3 aromatic carbocycles. The molecule has 0 saturated carbocycles. The van der Waals surface area contributed by atoms with Gasteiger partial charge in [-0.2, -0.15) is 0 Å². The standard InChI is InChI=1S/C27H17Cl2NO5/c1-14-9-11-15(12-10-14)33-21-13-18-22-25(17-6-3-2-5-16(17)24(18)34-21)35-27(32)30(26(22)31)20-8-4-7-19(28)23(20)29/h2-13,18,24H,1H3. The molecule has 2 unspecified atom stereocenters. The Kier molecular flexibility index (Phi) is 5.09. The zero-order valence-corrected chi connectivity index (χ0v) is 19.8. The molecule has 4 aromatic rings. The average Bonchev–Trinajstić information content (AvgIpc) is 3.26. The van der Waals surface area contributed by atoms with Crippen molar-refractivity contribution in [3.05, 3.63) is 126 Å². The van der Waals surface area contributed by atoms with E-state index in [1.165, 1.54) is 0 Å². The molecule has 6 nitrogen and oxygen atoms in total. The van der Waals surface area contributed by atoms with Crippen molar-refractivity contribution in [2.75, 3.05) is 0 Å². The van der Waals surface area contributed by atoms with Crippen LogP contribution in [0.25, 0.3) is 17.0 Å². The molecular formula is C27H17Cl2NO5. The molecule has 2 heterocycles. The summed E-state index contributed by atoms with van der Waals surface area (Å²) in [6.45, 7) is 1.99. The summed E-state index contributed by atoms with van der Waals surface area (Å²) in [7, 11) is 0. The van der Waals surface area contributed by atoms with Gasteiger partial charge in [-0.25, -0.2) is 9.36 Å². The van der Waals surface area contributed by atoms with Gasteiger partial charge in [-0.1, -0.05) is 71.2 Å². The van der Waals surface area contributed by atoms with Crippen molar-refractivity contribution in [1.82, 2.24) is 4.57 Å². The Morgan fingerprint density at radius 3 is 2.51 bits per heavy atom. The SMILES string of the molecule is Cc1ccc(OC2=CC3c4c(oc(=O)n(-c5cccc(Cl)c5Cl)c4=O)-c4ccccc4C3O2)cc1. The lowest BCUT2D eigenvalue weighted by atomic mass is 9.81. The molecule has 35 heavy (non-hydrogen) atoms. The first-order valence-electron chi connectivity index (χ1n) is 10.9. The van der Waals surface area contributed by atoms with Crippen LogP contribution in [0.15, 0.2) is 92.8 Å². The molecule has 1 aliphatic carbocycles. The Labute approximate surface area is 209 Å². The number of aryl methyl sites for hydroxylation is 1. The first-order chi connectivity index (χ1) is 16.9. The van der Waals surface area contributed by atoms with Crippen LogP contribution >= 0.6 is 23.2 Å². The minimum absolute atomic E-state index is 0.0814. The third kappa shape index (κ3) is 3.49. The van der Waals surface area contributed by atoms with Crippen LogP contribution in [-0.2, 0) is 4.74 Å². The van der Waals surface area contributed by atoms with Gasteiger partial charge in [-0.05, 0) is 31.2 Å². The first kappa shape index (κ1) is 21.8. The molecule has 0 saturated heterocycles. The number of aromatic nitrogens is 1. The van der Waals surface area contributed by atoms with Crippen LogP contribution in [0.1, 0.15) is 28.7 Å². The smallest absolute Gasteiger partial charge is 0.427 e. The largest absolute Gasteiger partial charge is 0.456 e. The molecule has 1 aliphatic heterocycles. The van der Waals surface area contributed by atoms with Crippen LogP contribution in [0, 0.1) is 6.92 Å². The van der Waals surface area contributed by atoms with Crippen molar-refractivity contribution in [3.8, 4) is 22.8 Å². The number of nitrogens with zero attached hydrogens (tertiary/aromatic N) is 1. The van der Waals surface area contributed by atoms with Gasteiger partial charge in [0.2, 0.25) is 0 Å². The van der Waals surface area contributed by atoms with E-state index in [1.807, 2.05) is 49.4 Å². The molecule has 1 aromatic heterocycles. The highest BCUT2D eigenvalue weighted by Gasteiger charge is 2.43. The lowest BCUT2D eigenvalue weighted by Crippen LogP contribution is -2.37. The summed E-state index contributed by atoms with van der Waals surface area (Å²) in [5, 5.41) is 0.298. The molecule has 6 rings (SSSR count). The van der Waals surface area contributed by atoms with Gasteiger partial charge in [-0.3, -0.25) is 4.79 Å². The van der Waals surface area contributed by atoms with Gasteiger partial charge in [0.05, 0.1) is 27.2 Å². The summed E-state index contributed by atoms with van der Waals surface area (Å²) in [5.41, 5.74) is 2.39. The van der Waals surface area contributed by atoms with Crippen molar-refractivity contribution >= 4 is 23.2 Å². The van der Waals surface area contributed by atoms with Crippen molar-refractivity contribution in [1.29, 1.82) is 0 Å². The predicted octanol–water partition coefficient (Wildman–Crippen LogP) is 6.16. The van der Waals surface area contributed by atoms with Gasteiger partial charge in [0.1, 0.15) is 17.6 Å². The third-order valence-corrected chi connectivity index (χ3v) is 7.00. The van der Waals surface area contributed by atoms with E-state index < -0.39 is 23.3 Å². The molecular weight excluding hydrogens is 489 g/mol. The van der Waals surface area contributed by atoms with Crippen molar-refractivity contribution in [2.45, 2.75) is 18.9 Å². The summed E-state index contributed by atoms with van der Waals surface area (Å²) < 4.78 is 18.8. The highest BCUT2D eigenvalue weighted by Crippen LogP contribution is 2.51. The highest BCUT2D eigenvalue weighted by atomic mass is 35.5. The van der Waals surface area contributed by atoms with Crippen LogP contribution < -0.4 is 16.1 Å². The molecule has 0 fully saturated rings. The maximum Gasteiger partial charge on any atom is 0.427 e. The van der Waals surface area contributed by atoms with Gasteiger partial charge in [-0.15, -0.1) is 0 Å². The Morgan fingerprint density at radius 1 is 0.943 bits per heavy atom. The molecule has 0 amide bonds. The number of hydrogen-bond acceptors (Lipinski definition) is 5. The summed E-state index contributed by atoms with van der Waals surface area (Å²) in [6, 6.07) is 19.7. The Balaban J connectivity index is 1.55. The Hall–Kier alpha value is -3.74. The van der Waals surface area contributed by atoms with E-state index in [4.69, 9.17) is 37.1 Å². The maximum absolute atomic E-state index is 13.8. The summed E-state index contributed by atoms with van der Waals surface area (Å²) in [4.78, 5) is 26.9. The van der Waals surface area contributed by atoms with Gasteiger partial charge < -0.3 is 13.9 Å². The molecule has 0 radical (unpaired) electrons. The summed E-state index contributed by atoms with van der Waals surface area (Å²) >= 11 is 12.5. The topological polar surface area (TPSA) is 70.7 Å². The Morgan fingerprint density at radius 2 is 1.71 bits per heavy atom. The van der Waals surface area contributed by atoms with E-state index in [1.54, 1.807) is 30.3 Å². The van der Waals surface area contributed by atoms with Crippen LogP contribution in [-0.4, -0.2) is 4.57 Å².